The molecule has 1 aromatic heterocycles. The maximum atomic E-state index is 12.2. The van der Waals surface area contributed by atoms with E-state index in [2.05, 4.69) is 10.3 Å². The third-order valence-corrected chi connectivity index (χ3v) is 4.87. The van der Waals surface area contributed by atoms with Gasteiger partial charge in [0.1, 0.15) is 0 Å². The minimum Gasteiger partial charge on any atom is -0.298 e. The maximum absolute atomic E-state index is 12.2. The van der Waals surface area contributed by atoms with Gasteiger partial charge >= 0.3 is 0 Å². The molecule has 0 aliphatic carbocycles. The van der Waals surface area contributed by atoms with Crippen LogP contribution in [0.25, 0.3) is 10.2 Å². The number of rotatable bonds is 3. The van der Waals surface area contributed by atoms with Gasteiger partial charge in [-0.15, -0.1) is 11.8 Å². The molecule has 0 saturated carbocycles. The zero-order chi connectivity index (χ0) is 14.8. The number of fused-ring (bicyclic) bond motifs is 1. The Morgan fingerprint density at radius 2 is 1.95 bits per heavy atom. The molecule has 0 aliphatic rings. The number of hydrogen-bond acceptors (Lipinski definition) is 4. The minimum atomic E-state index is -0.126. The van der Waals surface area contributed by atoms with Gasteiger partial charge in [0.05, 0.1) is 10.2 Å². The number of thioether (sulfide) groups is 1. The summed E-state index contributed by atoms with van der Waals surface area (Å²) in [5, 5.41) is 3.51. The summed E-state index contributed by atoms with van der Waals surface area (Å²) in [4.78, 5) is 17.9. The lowest BCUT2D eigenvalue weighted by molar-refractivity contribution is 0.102. The van der Waals surface area contributed by atoms with Gasteiger partial charge in [0.15, 0.2) is 5.13 Å². The Morgan fingerprint density at radius 3 is 2.62 bits per heavy atom. The smallest absolute Gasteiger partial charge is 0.257 e. The predicted molar refractivity (Wildman–Crippen MR) is 90.5 cm³/mol. The molecule has 0 saturated heterocycles. The number of benzene rings is 2. The summed E-state index contributed by atoms with van der Waals surface area (Å²) < 4.78 is 1.09. The highest BCUT2D eigenvalue weighted by molar-refractivity contribution is 7.98. The van der Waals surface area contributed by atoms with Gasteiger partial charge in [-0.05, 0) is 49.1 Å². The van der Waals surface area contributed by atoms with Crippen molar-refractivity contribution in [3.05, 3.63) is 53.6 Å². The summed E-state index contributed by atoms with van der Waals surface area (Å²) in [6.07, 6.45) is 2.01. The predicted octanol–water partition coefficient (Wildman–Crippen LogP) is 4.58. The van der Waals surface area contributed by atoms with Crippen LogP contribution < -0.4 is 5.32 Å². The van der Waals surface area contributed by atoms with Crippen LogP contribution in [-0.4, -0.2) is 17.1 Å². The van der Waals surface area contributed by atoms with Crippen LogP contribution in [0.5, 0.6) is 0 Å². The first kappa shape index (κ1) is 14.1. The molecule has 3 nitrogen and oxygen atoms in total. The molecule has 0 atom stereocenters. The van der Waals surface area contributed by atoms with Crippen LogP contribution in [0.1, 0.15) is 15.9 Å². The molecule has 2 aromatic carbocycles. The first-order chi connectivity index (χ1) is 10.2. The van der Waals surface area contributed by atoms with Gasteiger partial charge < -0.3 is 0 Å². The highest BCUT2D eigenvalue weighted by Gasteiger charge is 2.10. The lowest BCUT2D eigenvalue weighted by Gasteiger charge is -2.02. The largest absolute Gasteiger partial charge is 0.298 e. The van der Waals surface area contributed by atoms with Crippen LogP contribution in [-0.2, 0) is 0 Å². The molecule has 0 unspecified atom stereocenters. The van der Waals surface area contributed by atoms with Gasteiger partial charge in [0.25, 0.3) is 5.91 Å². The third kappa shape index (κ3) is 2.94. The number of amides is 1. The zero-order valence-electron chi connectivity index (χ0n) is 11.7. The molecule has 1 heterocycles. The maximum Gasteiger partial charge on any atom is 0.257 e. The highest BCUT2D eigenvalue weighted by atomic mass is 32.2. The van der Waals surface area contributed by atoms with Crippen molar-refractivity contribution in [1.82, 2.24) is 4.98 Å². The molecule has 0 bridgehead atoms. The highest BCUT2D eigenvalue weighted by Crippen LogP contribution is 2.28. The second-order valence-corrected chi connectivity index (χ2v) is 6.53. The molecule has 0 radical (unpaired) electrons. The Kier molecular flexibility index (Phi) is 3.94. The summed E-state index contributed by atoms with van der Waals surface area (Å²) in [6, 6.07) is 13.6. The summed E-state index contributed by atoms with van der Waals surface area (Å²) in [5.74, 6) is -0.126. The van der Waals surface area contributed by atoms with E-state index in [9.17, 15) is 4.79 Å². The number of thiazole rings is 1. The molecule has 21 heavy (non-hydrogen) atoms. The second kappa shape index (κ2) is 5.87. The number of nitrogens with zero attached hydrogens (tertiary/aromatic N) is 1. The molecular formula is C16H14N2OS2. The van der Waals surface area contributed by atoms with E-state index >= 15 is 0 Å². The number of carbonyl (C=O) groups excluding carboxylic acids is 1. The standard InChI is InChI=1S/C16H14N2OS2/c1-10-4-3-5-13-14(10)17-16(21-13)18-15(19)11-6-8-12(20-2)9-7-11/h3-9H,1-2H3,(H,17,18,19). The van der Waals surface area contributed by atoms with E-state index in [1.165, 1.54) is 11.3 Å². The van der Waals surface area contributed by atoms with Crippen LogP contribution in [0, 0.1) is 6.92 Å². The van der Waals surface area contributed by atoms with Gasteiger partial charge in [0.2, 0.25) is 0 Å². The Bertz CT molecular complexity index is 794. The molecule has 106 valence electrons. The number of anilines is 1. The van der Waals surface area contributed by atoms with E-state index in [4.69, 9.17) is 0 Å². The Hall–Kier alpha value is -1.85. The van der Waals surface area contributed by atoms with E-state index < -0.39 is 0 Å². The third-order valence-electron chi connectivity index (χ3n) is 3.19. The monoisotopic (exact) mass is 314 g/mol. The fraction of sp³-hybridized carbons (Fsp3) is 0.125. The normalized spacial score (nSPS) is 10.8. The van der Waals surface area contributed by atoms with Crippen LogP contribution in [0.4, 0.5) is 5.13 Å². The Labute approximate surface area is 131 Å². The summed E-state index contributed by atoms with van der Waals surface area (Å²) >= 11 is 3.15. The number of aryl methyl sites for hydroxylation is 1. The minimum absolute atomic E-state index is 0.126. The van der Waals surface area contributed by atoms with Crippen molar-refractivity contribution in [2.24, 2.45) is 0 Å². The molecule has 1 N–H and O–H groups in total. The van der Waals surface area contributed by atoms with Crippen LogP contribution in [0.3, 0.4) is 0 Å². The van der Waals surface area contributed by atoms with Gasteiger partial charge in [-0.25, -0.2) is 4.98 Å². The van der Waals surface area contributed by atoms with Gasteiger partial charge in [-0.1, -0.05) is 23.5 Å². The molecule has 1 amide bonds. The van der Waals surface area contributed by atoms with Gasteiger partial charge in [0, 0.05) is 10.5 Å². The average molecular weight is 314 g/mol. The molecule has 0 aliphatic heterocycles. The topological polar surface area (TPSA) is 42.0 Å². The summed E-state index contributed by atoms with van der Waals surface area (Å²) in [7, 11) is 0. The van der Waals surface area contributed by atoms with E-state index in [1.807, 2.05) is 55.6 Å². The number of nitrogens with one attached hydrogen (secondary N) is 1. The van der Waals surface area contributed by atoms with Crippen LogP contribution in [0.15, 0.2) is 47.4 Å². The van der Waals surface area contributed by atoms with Crippen LogP contribution in [0.2, 0.25) is 0 Å². The lowest BCUT2D eigenvalue weighted by Crippen LogP contribution is -2.11. The Morgan fingerprint density at radius 1 is 1.19 bits per heavy atom. The van der Waals surface area contributed by atoms with Crippen molar-refractivity contribution in [2.75, 3.05) is 11.6 Å². The molecule has 0 fully saturated rings. The van der Waals surface area contributed by atoms with Gasteiger partial charge in [-0.2, -0.15) is 0 Å². The van der Waals surface area contributed by atoms with Crippen molar-refractivity contribution in [3.63, 3.8) is 0 Å². The van der Waals surface area contributed by atoms with Crippen molar-refractivity contribution in [3.8, 4) is 0 Å². The fourth-order valence-corrected chi connectivity index (χ4v) is 3.40. The fourth-order valence-electron chi connectivity index (χ4n) is 2.05. The van der Waals surface area contributed by atoms with Crippen LogP contribution >= 0.6 is 23.1 Å². The van der Waals surface area contributed by atoms with Crippen molar-refractivity contribution in [2.45, 2.75) is 11.8 Å². The summed E-state index contributed by atoms with van der Waals surface area (Å²) in [6.45, 7) is 2.02. The number of para-hydroxylation sites is 1. The number of hydrogen-bond donors (Lipinski definition) is 1. The SMILES string of the molecule is CSc1ccc(C(=O)Nc2nc3c(C)cccc3s2)cc1. The molecular weight excluding hydrogens is 300 g/mol. The molecule has 5 heteroatoms. The molecule has 3 rings (SSSR count). The number of aromatic nitrogens is 1. The second-order valence-electron chi connectivity index (χ2n) is 4.62. The van der Waals surface area contributed by atoms with E-state index in [-0.39, 0.29) is 5.91 Å². The quantitative estimate of drug-likeness (QED) is 0.720. The first-order valence-corrected chi connectivity index (χ1v) is 8.53. The Balaban J connectivity index is 1.83. The van der Waals surface area contributed by atoms with Crippen molar-refractivity contribution >= 4 is 44.4 Å². The zero-order valence-corrected chi connectivity index (χ0v) is 13.3. The van der Waals surface area contributed by atoms with Gasteiger partial charge in [-0.3, -0.25) is 10.1 Å². The summed E-state index contributed by atoms with van der Waals surface area (Å²) in [5.41, 5.74) is 2.72. The first-order valence-electron chi connectivity index (χ1n) is 6.49. The molecule has 0 spiro atoms. The van der Waals surface area contributed by atoms with Crippen molar-refractivity contribution < 1.29 is 4.79 Å². The van der Waals surface area contributed by atoms with E-state index in [1.54, 1.807) is 11.8 Å². The number of carbonyl (C=O) groups is 1. The van der Waals surface area contributed by atoms with E-state index in [0.717, 1.165) is 20.7 Å². The van der Waals surface area contributed by atoms with Crippen molar-refractivity contribution in [1.29, 1.82) is 0 Å². The average Bonchev–Trinajstić information content (AvgIpc) is 2.91. The lowest BCUT2D eigenvalue weighted by atomic mass is 10.2. The van der Waals surface area contributed by atoms with E-state index in [0.29, 0.717) is 10.7 Å². The molecule has 3 aromatic rings.